The molecule has 0 saturated carbocycles. The minimum atomic E-state index is -4.00. The molecule has 0 unspecified atom stereocenters. The summed E-state index contributed by atoms with van der Waals surface area (Å²) in [4.78, 5) is 3.80. The topological polar surface area (TPSA) is 76.3 Å². The molecule has 0 bridgehead atoms. The van der Waals surface area contributed by atoms with Crippen molar-refractivity contribution in [3.8, 4) is 0 Å². The Kier molecular flexibility index (Phi) is 3.89. The van der Waals surface area contributed by atoms with Crippen LogP contribution < -0.4 is 10.0 Å². The van der Waals surface area contributed by atoms with Gasteiger partial charge in [0, 0.05) is 12.7 Å². The van der Waals surface area contributed by atoms with Crippen LogP contribution in [-0.2, 0) is 10.0 Å². The molecular formula is C13H14FN3O2S. The van der Waals surface area contributed by atoms with Crippen molar-refractivity contribution in [1.82, 2.24) is 4.98 Å². The van der Waals surface area contributed by atoms with E-state index in [1.165, 1.54) is 36.5 Å². The zero-order valence-corrected chi connectivity index (χ0v) is 11.6. The molecule has 1 heterocycles. The summed E-state index contributed by atoms with van der Waals surface area (Å²) in [5.41, 5.74) is 5.66. The maximum absolute atomic E-state index is 13.8. The highest BCUT2D eigenvalue weighted by molar-refractivity contribution is 7.92. The number of aromatic nitrogens is 1. The summed E-state index contributed by atoms with van der Waals surface area (Å²) in [5, 5.41) is -0.273. The third kappa shape index (κ3) is 2.44. The zero-order chi connectivity index (χ0) is 14.8. The molecule has 0 aliphatic heterocycles. The summed E-state index contributed by atoms with van der Waals surface area (Å²) >= 11 is 0. The van der Waals surface area contributed by atoms with Gasteiger partial charge in [-0.2, -0.15) is 8.42 Å². The smallest absolute Gasteiger partial charge is 0.284 e. The van der Waals surface area contributed by atoms with Gasteiger partial charge >= 0.3 is 0 Å². The standard InChI is InChI=1S/C13H14FN3O2S/c1-2-17(12-8-4-3-6-10(12)14)20(18,19)13-11(15)7-5-9-16-13/h3-9H,2,15H2,1H3. The maximum atomic E-state index is 13.8. The fourth-order valence-corrected chi connectivity index (χ4v) is 3.36. The number of nitrogens with zero attached hydrogens (tertiary/aromatic N) is 2. The largest absolute Gasteiger partial charge is 0.396 e. The SMILES string of the molecule is CCN(c1ccccc1F)S(=O)(=O)c1ncccc1N. The van der Waals surface area contributed by atoms with Crippen LogP contribution in [-0.4, -0.2) is 19.9 Å². The molecule has 1 aromatic carbocycles. The average Bonchev–Trinajstić information content (AvgIpc) is 2.42. The second-order valence-corrected chi connectivity index (χ2v) is 5.80. The number of hydrogen-bond donors (Lipinski definition) is 1. The van der Waals surface area contributed by atoms with Crippen LogP contribution in [0.3, 0.4) is 0 Å². The lowest BCUT2D eigenvalue weighted by Gasteiger charge is -2.23. The molecule has 0 saturated heterocycles. The minimum absolute atomic E-state index is 0.0277. The lowest BCUT2D eigenvalue weighted by atomic mass is 10.3. The van der Waals surface area contributed by atoms with Crippen molar-refractivity contribution in [3.63, 3.8) is 0 Å². The molecule has 5 nitrogen and oxygen atoms in total. The highest BCUT2D eigenvalue weighted by Gasteiger charge is 2.28. The minimum Gasteiger partial charge on any atom is -0.396 e. The van der Waals surface area contributed by atoms with Gasteiger partial charge < -0.3 is 5.73 Å². The van der Waals surface area contributed by atoms with Crippen molar-refractivity contribution in [2.75, 3.05) is 16.6 Å². The van der Waals surface area contributed by atoms with Crippen LogP contribution in [0.25, 0.3) is 0 Å². The normalized spacial score (nSPS) is 11.3. The Morgan fingerprint density at radius 1 is 1.25 bits per heavy atom. The number of benzene rings is 1. The molecule has 7 heteroatoms. The van der Waals surface area contributed by atoms with Crippen LogP contribution >= 0.6 is 0 Å². The van der Waals surface area contributed by atoms with Crippen molar-refractivity contribution < 1.29 is 12.8 Å². The van der Waals surface area contributed by atoms with Crippen molar-refractivity contribution in [3.05, 3.63) is 48.4 Å². The molecule has 2 N–H and O–H groups in total. The first-order valence-electron chi connectivity index (χ1n) is 5.96. The van der Waals surface area contributed by atoms with E-state index in [0.29, 0.717) is 0 Å². The van der Waals surface area contributed by atoms with Crippen molar-refractivity contribution in [2.24, 2.45) is 0 Å². The summed E-state index contributed by atoms with van der Waals surface area (Å²) < 4.78 is 39.9. The first-order chi connectivity index (χ1) is 9.48. The highest BCUT2D eigenvalue weighted by atomic mass is 32.2. The molecule has 2 aromatic rings. The number of pyridine rings is 1. The Balaban J connectivity index is 2.58. The fraction of sp³-hybridized carbons (Fsp3) is 0.154. The molecule has 1 aromatic heterocycles. The monoisotopic (exact) mass is 295 g/mol. The Morgan fingerprint density at radius 3 is 2.55 bits per heavy atom. The van der Waals surface area contributed by atoms with E-state index >= 15 is 0 Å². The van der Waals surface area contributed by atoms with Gasteiger partial charge in [-0.25, -0.2) is 9.37 Å². The first kappa shape index (κ1) is 14.3. The van der Waals surface area contributed by atoms with Crippen LogP contribution in [0.1, 0.15) is 6.92 Å². The lowest BCUT2D eigenvalue weighted by molar-refractivity contribution is 0.583. The van der Waals surface area contributed by atoms with Gasteiger partial charge in [0.25, 0.3) is 10.0 Å². The molecule has 20 heavy (non-hydrogen) atoms. The molecule has 0 aliphatic carbocycles. The van der Waals surface area contributed by atoms with E-state index in [1.807, 2.05) is 0 Å². The number of nitrogens with two attached hydrogens (primary N) is 1. The Labute approximate surface area is 116 Å². The second-order valence-electron chi connectivity index (χ2n) is 4.02. The Hall–Kier alpha value is -2.15. The average molecular weight is 295 g/mol. The number of halogens is 1. The molecule has 0 atom stereocenters. The summed E-state index contributed by atoms with van der Waals surface area (Å²) in [5.74, 6) is -0.618. The fourth-order valence-electron chi connectivity index (χ4n) is 1.85. The van der Waals surface area contributed by atoms with Crippen molar-refractivity contribution in [1.29, 1.82) is 0 Å². The number of nitrogen functional groups attached to an aromatic ring is 1. The van der Waals surface area contributed by atoms with E-state index in [9.17, 15) is 12.8 Å². The third-order valence-corrected chi connectivity index (χ3v) is 4.61. The van der Waals surface area contributed by atoms with E-state index in [4.69, 9.17) is 5.73 Å². The molecule has 2 rings (SSSR count). The molecular weight excluding hydrogens is 281 g/mol. The number of para-hydroxylation sites is 1. The molecule has 0 fully saturated rings. The predicted octanol–water partition coefficient (Wildman–Crippen LogP) is 2.02. The van der Waals surface area contributed by atoms with E-state index in [2.05, 4.69) is 4.98 Å². The van der Waals surface area contributed by atoms with E-state index < -0.39 is 15.8 Å². The third-order valence-electron chi connectivity index (χ3n) is 2.74. The molecule has 0 aliphatic rings. The maximum Gasteiger partial charge on any atom is 0.284 e. The Morgan fingerprint density at radius 2 is 1.95 bits per heavy atom. The highest BCUT2D eigenvalue weighted by Crippen LogP contribution is 2.27. The Bertz CT molecular complexity index is 719. The number of sulfonamides is 1. The van der Waals surface area contributed by atoms with Gasteiger partial charge in [-0.15, -0.1) is 0 Å². The number of hydrogen-bond acceptors (Lipinski definition) is 4. The molecule has 0 radical (unpaired) electrons. The first-order valence-corrected chi connectivity index (χ1v) is 7.40. The van der Waals surface area contributed by atoms with Gasteiger partial charge in [0.1, 0.15) is 5.82 Å². The molecule has 0 amide bonds. The number of rotatable bonds is 4. The zero-order valence-electron chi connectivity index (χ0n) is 10.8. The second kappa shape index (κ2) is 5.46. The van der Waals surface area contributed by atoms with Crippen LogP contribution in [0.2, 0.25) is 0 Å². The van der Waals surface area contributed by atoms with E-state index in [0.717, 1.165) is 4.31 Å². The van der Waals surface area contributed by atoms with Crippen molar-refractivity contribution in [2.45, 2.75) is 11.9 Å². The van der Waals surface area contributed by atoms with Gasteiger partial charge in [0.2, 0.25) is 0 Å². The predicted molar refractivity (Wildman–Crippen MR) is 75.3 cm³/mol. The summed E-state index contributed by atoms with van der Waals surface area (Å²) in [6.07, 6.45) is 1.33. The van der Waals surface area contributed by atoms with E-state index in [-0.39, 0.29) is 22.9 Å². The van der Waals surface area contributed by atoms with Gasteiger partial charge in [-0.05, 0) is 31.2 Å². The summed E-state index contributed by atoms with van der Waals surface area (Å²) in [6, 6.07) is 8.64. The molecule has 0 spiro atoms. The summed E-state index contributed by atoms with van der Waals surface area (Å²) in [7, 11) is -4.00. The van der Waals surface area contributed by atoms with Gasteiger partial charge in [-0.1, -0.05) is 12.1 Å². The van der Waals surface area contributed by atoms with E-state index in [1.54, 1.807) is 13.0 Å². The van der Waals surface area contributed by atoms with Crippen LogP contribution in [0.4, 0.5) is 15.8 Å². The number of anilines is 2. The van der Waals surface area contributed by atoms with Gasteiger partial charge in [-0.3, -0.25) is 4.31 Å². The lowest BCUT2D eigenvalue weighted by Crippen LogP contribution is -2.32. The van der Waals surface area contributed by atoms with Gasteiger partial charge in [0.05, 0.1) is 11.4 Å². The molecule has 106 valence electrons. The van der Waals surface area contributed by atoms with Crippen molar-refractivity contribution >= 4 is 21.4 Å². The van der Waals surface area contributed by atoms with Crippen LogP contribution in [0, 0.1) is 5.82 Å². The quantitative estimate of drug-likeness (QED) is 0.936. The van der Waals surface area contributed by atoms with Crippen LogP contribution in [0.5, 0.6) is 0 Å². The van der Waals surface area contributed by atoms with Crippen LogP contribution in [0.15, 0.2) is 47.6 Å². The summed E-state index contributed by atoms with van der Waals surface area (Å²) in [6.45, 7) is 1.68. The van der Waals surface area contributed by atoms with Gasteiger partial charge in [0.15, 0.2) is 5.03 Å².